The number of benzene rings is 1. The maximum atomic E-state index is 13.4. The van der Waals surface area contributed by atoms with Crippen LogP contribution in [0.1, 0.15) is 5.56 Å². The fraction of sp³-hybridized carbons (Fsp3) is 0.0909. The molecule has 0 aliphatic carbocycles. The third kappa shape index (κ3) is 2.31. The van der Waals surface area contributed by atoms with Gasteiger partial charge in [-0.15, -0.1) is 0 Å². The highest BCUT2D eigenvalue weighted by Gasteiger charge is 2.04. The van der Waals surface area contributed by atoms with Crippen molar-refractivity contribution >= 4 is 11.5 Å². The second kappa shape index (κ2) is 4.22. The van der Waals surface area contributed by atoms with Crippen molar-refractivity contribution in [2.45, 2.75) is 6.92 Å². The van der Waals surface area contributed by atoms with Crippen LogP contribution in [0.4, 0.5) is 20.3 Å². The van der Waals surface area contributed by atoms with Crippen LogP contribution < -0.4 is 5.32 Å². The van der Waals surface area contributed by atoms with E-state index in [2.05, 4.69) is 15.3 Å². The number of anilines is 2. The van der Waals surface area contributed by atoms with Gasteiger partial charge in [-0.1, -0.05) is 6.07 Å². The summed E-state index contributed by atoms with van der Waals surface area (Å²) >= 11 is 0. The molecule has 0 spiro atoms. The maximum absolute atomic E-state index is 13.4. The van der Waals surface area contributed by atoms with Crippen molar-refractivity contribution in [3.63, 3.8) is 0 Å². The molecular weight excluding hydrogens is 212 g/mol. The molecule has 0 atom stereocenters. The number of aromatic nitrogens is 2. The van der Waals surface area contributed by atoms with Crippen LogP contribution in [0.25, 0.3) is 0 Å². The molecule has 82 valence electrons. The number of halogens is 2. The summed E-state index contributed by atoms with van der Waals surface area (Å²) in [6.07, 6.45) is 1.07. The highest BCUT2D eigenvalue weighted by molar-refractivity contribution is 5.57. The van der Waals surface area contributed by atoms with E-state index in [-0.39, 0.29) is 11.5 Å². The summed E-state index contributed by atoms with van der Waals surface area (Å²) in [5.41, 5.74) is 1.16. The Balaban J connectivity index is 2.30. The molecule has 0 saturated heterocycles. The fourth-order valence-electron chi connectivity index (χ4n) is 1.27. The molecule has 1 aromatic carbocycles. The van der Waals surface area contributed by atoms with Gasteiger partial charge >= 0.3 is 0 Å². The van der Waals surface area contributed by atoms with Crippen LogP contribution in [0.2, 0.25) is 0 Å². The molecule has 3 nitrogen and oxygen atoms in total. The highest BCUT2D eigenvalue weighted by atomic mass is 19.1. The first-order valence-corrected chi connectivity index (χ1v) is 4.66. The Bertz CT molecular complexity index is 514. The third-order valence-electron chi connectivity index (χ3n) is 2.02. The van der Waals surface area contributed by atoms with Gasteiger partial charge in [-0.3, -0.25) is 0 Å². The molecule has 1 heterocycles. The van der Waals surface area contributed by atoms with Crippen molar-refractivity contribution in [3.05, 3.63) is 47.9 Å². The molecule has 2 aromatic rings. The summed E-state index contributed by atoms with van der Waals surface area (Å²) in [6.45, 7) is 1.84. The van der Waals surface area contributed by atoms with E-state index in [4.69, 9.17) is 0 Å². The van der Waals surface area contributed by atoms with E-state index >= 15 is 0 Å². The normalized spacial score (nSPS) is 10.2. The number of nitrogens with one attached hydrogen (secondary N) is 1. The Morgan fingerprint density at radius 3 is 2.69 bits per heavy atom. The smallest absolute Gasteiger partial charge is 0.218 e. The SMILES string of the molecule is Cc1ccc(F)c(Nc2cc(F)ncn2)c1. The summed E-state index contributed by atoms with van der Waals surface area (Å²) in [5, 5.41) is 2.69. The summed E-state index contributed by atoms with van der Waals surface area (Å²) in [5.74, 6) is -0.854. The van der Waals surface area contributed by atoms with Crippen LogP contribution >= 0.6 is 0 Å². The number of hydrogen-bond acceptors (Lipinski definition) is 3. The average Bonchev–Trinajstić information content (AvgIpc) is 2.24. The molecule has 0 amide bonds. The van der Waals surface area contributed by atoms with Gasteiger partial charge in [0.2, 0.25) is 5.95 Å². The van der Waals surface area contributed by atoms with E-state index in [0.717, 1.165) is 18.0 Å². The summed E-state index contributed by atoms with van der Waals surface area (Å²) in [7, 11) is 0. The predicted octanol–water partition coefficient (Wildman–Crippen LogP) is 2.81. The van der Waals surface area contributed by atoms with E-state index in [1.54, 1.807) is 12.1 Å². The van der Waals surface area contributed by atoms with Crippen LogP contribution in [-0.2, 0) is 0 Å². The molecule has 0 fully saturated rings. The molecule has 1 N–H and O–H groups in total. The predicted molar refractivity (Wildman–Crippen MR) is 56.4 cm³/mol. The summed E-state index contributed by atoms with van der Waals surface area (Å²) < 4.78 is 26.1. The molecule has 0 aliphatic heterocycles. The number of rotatable bonds is 2. The van der Waals surface area contributed by atoms with Crippen LogP contribution in [0.15, 0.2) is 30.6 Å². The molecule has 0 unspecified atom stereocenters. The Morgan fingerprint density at radius 1 is 1.12 bits per heavy atom. The van der Waals surface area contributed by atoms with Crippen molar-refractivity contribution in [3.8, 4) is 0 Å². The van der Waals surface area contributed by atoms with E-state index in [9.17, 15) is 8.78 Å². The lowest BCUT2D eigenvalue weighted by atomic mass is 10.2. The molecule has 2 rings (SSSR count). The number of hydrogen-bond donors (Lipinski definition) is 1. The van der Waals surface area contributed by atoms with Gasteiger partial charge in [0.15, 0.2) is 0 Å². The van der Waals surface area contributed by atoms with Gasteiger partial charge in [0.25, 0.3) is 0 Å². The molecule has 16 heavy (non-hydrogen) atoms. The molecule has 0 saturated carbocycles. The lowest BCUT2D eigenvalue weighted by Gasteiger charge is -2.07. The topological polar surface area (TPSA) is 37.8 Å². The van der Waals surface area contributed by atoms with Crippen LogP contribution in [0, 0.1) is 18.7 Å². The Hall–Kier alpha value is -2.04. The van der Waals surface area contributed by atoms with Crippen LogP contribution in [-0.4, -0.2) is 9.97 Å². The van der Waals surface area contributed by atoms with Gasteiger partial charge in [0, 0.05) is 6.07 Å². The first-order valence-electron chi connectivity index (χ1n) is 4.66. The maximum Gasteiger partial charge on any atom is 0.218 e. The zero-order chi connectivity index (χ0) is 11.5. The summed E-state index contributed by atoms with van der Waals surface area (Å²) in [6, 6.07) is 5.72. The van der Waals surface area contributed by atoms with Gasteiger partial charge in [-0.25, -0.2) is 14.4 Å². The standard InChI is InChI=1S/C11H9F2N3/c1-7-2-3-8(12)9(4-7)16-11-5-10(13)14-6-15-11/h2-6H,1H3,(H,14,15,16). The largest absolute Gasteiger partial charge is 0.338 e. The van der Waals surface area contributed by atoms with E-state index < -0.39 is 11.8 Å². The minimum Gasteiger partial charge on any atom is -0.338 e. The van der Waals surface area contributed by atoms with Crippen molar-refractivity contribution in [1.29, 1.82) is 0 Å². The Labute approximate surface area is 91.2 Å². The Kier molecular flexibility index (Phi) is 2.76. The molecule has 0 radical (unpaired) electrons. The van der Waals surface area contributed by atoms with Gasteiger partial charge in [-0.05, 0) is 24.6 Å². The lowest BCUT2D eigenvalue weighted by Crippen LogP contribution is -1.98. The van der Waals surface area contributed by atoms with E-state index in [1.807, 2.05) is 6.92 Å². The first-order chi connectivity index (χ1) is 7.65. The second-order valence-electron chi connectivity index (χ2n) is 3.33. The fourth-order valence-corrected chi connectivity index (χ4v) is 1.27. The highest BCUT2D eigenvalue weighted by Crippen LogP contribution is 2.19. The van der Waals surface area contributed by atoms with Crippen molar-refractivity contribution in [1.82, 2.24) is 9.97 Å². The minimum absolute atomic E-state index is 0.219. The van der Waals surface area contributed by atoms with Crippen molar-refractivity contribution < 1.29 is 8.78 Å². The quantitative estimate of drug-likeness (QED) is 0.792. The third-order valence-corrected chi connectivity index (χ3v) is 2.02. The lowest BCUT2D eigenvalue weighted by molar-refractivity contribution is 0.580. The van der Waals surface area contributed by atoms with E-state index in [0.29, 0.717) is 0 Å². The first kappa shape index (κ1) is 10.5. The van der Waals surface area contributed by atoms with Crippen LogP contribution in [0.3, 0.4) is 0 Å². The van der Waals surface area contributed by atoms with Gasteiger partial charge in [0.05, 0.1) is 5.69 Å². The zero-order valence-corrected chi connectivity index (χ0v) is 8.54. The Morgan fingerprint density at radius 2 is 1.94 bits per heavy atom. The second-order valence-corrected chi connectivity index (χ2v) is 3.33. The average molecular weight is 221 g/mol. The van der Waals surface area contributed by atoms with Crippen LogP contribution in [0.5, 0.6) is 0 Å². The minimum atomic E-state index is -0.662. The molecule has 0 aliphatic rings. The van der Waals surface area contributed by atoms with E-state index in [1.165, 1.54) is 6.07 Å². The van der Waals surface area contributed by atoms with Crippen molar-refractivity contribution in [2.24, 2.45) is 0 Å². The number of aryl methyl sites for hydroxylation is 1. The van der Waals surface area contributed by atoms with Gasteiger partial charge < -0.3 is 5.32 Å². The molecule has 5 heteroatoms. The van der Waals surface area contributed by atoms with Gasteiger partial charge in [-0.2, -0.15) is 4.39 Å². The van der Waals surface area contributed by atoms with Crippen molar-refractivity contribution in [2.75, 3.05) is 5.32 Å². The molecule has 1 aromatic heterocycles. The van der Waals surface area contributed by atoms with Gasteiger partial charge in [0.1, 0.15) is 18.0 Å². The number of nitrogens with zero attached hydrogens (tertiary/aromatic N) is 2. The summed E-state index contributed by atoms with van der Waals surface area (Å²) in [4.78, 5) is 7.09. The zero-order valence-electron chi connectivity index (χ0n) is 8.54. The molecule has 0 bridgehead atoms. The monoisotopic (exact) mass is 221 g/mol. The molecular formula is C11H9F2N3.